The summed E-state index contributed by atoms with van der Waals surface area (Å²) in [6, 6.07) is 12.8. The van der Waals surface area contributed by atoms with Crippen molar-refractivity contribution in [3.8, 4) is 0 Å². The number of para-hydroxylation sites is 1. The fourth-order valence-corrected chi connectivity index (χ4v) is 8.96. The zero-order valence-electron chi connectivity index (χ0n) is 43.6. The lowest BCUT2D eigenvalue weighted by Gasteiger charge is -2.28. The molecule has 0 spiro atoms. The summed E-state index contributed by atoms with van der Waals surface area (Å²) in [6.07, 6.45) is 5.33. The van der Waals surface area contributed by atoms with Gasteiger partial charge in [-0.3, -0.25) is 48.3 Å². The first kappa shape index (κ1) is 58.2. The van der Waals surface area contributed by atoms with Crippen molar-refractivity contribution in [1.29, 1.82) is 0 Å². The number of nitrogens with two attached hydrogens (primary N) is 4. The topological polar surface area (TPSA) is 406 Å². The molecule has 2 aromatic heterocycles. The molecule has 0 unspecified atom stereocenters. The van der Waals surface area contributed by atoms with Crippen LogP contribution in [-0.2, 0) is 57.6 Å². The largest absolute Gasteiger partial charge is 0.370 e. The molecule has 0 radical (unpaired) electrons. The molecular weight excluding hydrogens is 1000 g/mol. The average molecular weight is 1070 g/mol. The van der Waals surface area contributed by atoms with Crippen molar-refractivity contribution in [2.75, 3.05) is 26.2 Å². The van der Waals surface area contributed by atoms with Gasteiger partial charge < -0.3 is 75.4 Å². The Hall–Kier alpha value is -9.03. The smallest absolute Gasteiger partial charge is 0.243 e. The number of rotatable bonds is 17. The average Bonchev–Trinajstić information content (AvgIpc) is 4.12. The van der Waals surface area contributed by atoms with Crippen molar-refractivity contribution in [2.24, 2.45) is 32.9 Å². The number of guanidine groups is 2. The van der Waals surface area contributed by atoms with E-state index in [-0.39, 0.29) is 95.9 Å². The summed E-state index contributed by atoms with van der Waals surface area (Å²) >= 11 is 0. The van der Waals surface area contributed by atoms with Crippen molar-refractivity contribution in [3.63, 3.8) is 0 Å². The van der Waals surface area contributed by atoms with Crippen molar-refractivity contribution >= 4 is 80.9 Å². The van der Waals surface area contributed by atoms with Crippen molar-refractivity contribution in [3.05, 3.63) is 102 Å². The lowest BCUT2D eigenvalue weighted by atomic mass is 9.99. The standard InChI is InChI=1S/C53H71N17O8/c1-31(71)65-39(14-8-22-61-52(54)55)47(74)67-41-18-19-45(72)59-20-6-7-21-60-46(73)43(26-35-28-63-38-13-5-4-12-37(35)38)69-48(75)40(15-9-23-62-53(56)57)66-50(77)42(25-32-16-17-33-10-2-3-11-34(33)24-32)68-51(78)44(70-49(41)76)27-36-29-58-30-64-36/h2-5,10-13,16-17,24,28-30,39-44,63H,6-9,14-15,18-23,25-27H2,1H3,(H,58,64)(H,59,72)(H,60,73)(H,65,71)(H,66,77)(H,67,74)(H,68,78)(H,69,75)(H,70,76)(H4,54,55,61)(H4,56,57,62)/t39-,40-,41-,42+,43+,44-/m0/s1. The molecule has 18 N–H and O–H groups in total. The summed E-state index contributed by atoms with van der Waals surface area (Å²) in [7, 11) is 0. The van der Waals surface area contributed by atoms with Crippen LogP contribution in [0.2, 0.25) is 0 Å². The second kappa shape index (κ2) is 29.3. The summed E-state index contributed by atoms with van der Waals surface area (Å²) in [6.45, 7) is 1.85. The number of aromatic amines is 2. The molecule has 6 rings (SSSR count). The predicted octanol–water partition coefficient (Wildman–Crippen LogP) is -1.09. The highest BCUT2D eigenvalue weighted by Crippen LogP contribution is 2.21. The SMILES string of the molecule is CC(=O)N[C@@H](CCCN=C(N)N)C(=O)N[C@H]1CCC(=O)NCCCCNC(=O)[C@@H](Cc2c[nH]c3ccccc23)NC(=O)[C@H](CCCN=C(N)N)NC(=O)[C@@H](Cc2ccc3ccccc3c2)NC(=O)[C@H](Cc2cnc[nH]2)NC1=O. The first-order valence-corrected chi connectivity index (χ1v) is 26.0. The van der Waals surface area contributed by atoms with Crippen LogP contribution in [0, 0.1) is 0 Å². The van der Waals surface area contributed by atoms with Crippen LogP contribution < -0.4 is 65.5 Å². The molecule has 8 amide bonds. The fourth-order valence-electron chi connectivity index (χ4n) is 8.96. The molecule has 416 valence electrons. The monoisotopic (exact) mass is 1070 g/mol. The third kappa shape index (κ3) is 18.4. The molecule has 1 aliphatic heterocycles. The number of H-pyrrole nitrogens is 2. The van der Waals surface area contributed by atoms with Crippen LogP contribution in [0.25, 0.3) is 21.7 Å². The Morgan fingerprint density at radius 3 is 2.03 bits per heavy atom. The van der Waals surface area contributed by atoms with E-state index in [1.807, 2.05) is 66.7 Å². The summed E-state index contributed by atoms with van der Waals surface area (Å²) in [5.74, 6) is -5.73. The van der Waals surface area contributed by atoms with Gasteiger partial charge in [-0.25, -0.2) is 4.98 Å². The number of carbonyl (C=O) groups excluding carboxylic acids is 8. The number of nitrogens with zero attached hydrogens (tertiary/aromatic N) is 3. The number of fused-ring (bicyclic) bond motifs is 2. The number of nitrogens with one attached hydrogen (secondary N) is 10. The van der Waals surface area contributed by atoms with E-state index >= 15 is 0 Å². The molecule has 78 heavy (non-hydrogen) atoms. The number of aromatic nitrogens is 3. The van der Waals surface area contributed by atoms with Gasteiger partial charge in [-0.15, -0.1) is 0 Å². The minimum Gasteiger partial charge on any atom is -0.370 e. The van der Waals surface area contributed by atoms with E-state index < -0.39 is 83.5 Å². The van der Waals surface area contributed by atoms with Gasteiger partial charge in [-0.2, -0.15) is 0 Å². The Bertz CT molecular complexity index is 2930. The Labute approximate surface area is 450 Å². The number of benzene rings is 3. The number of carbonyl (C=O) groups is 8. The molecule has 3 aromatic carbocycles. The minimum atomic E-state index is -1.44. The first-order valence-electron chi connectivity index (χ1n) is 26.0. The maximum Gasteiger partial charge on any atom is 0.243 e. The Balaban J connectivity index is 1.36. The van der Waals surface area contributed by atoms with Crippen LogP contribution in [0.3, 0.4) is 0 Å². The molecular formula is C53H71N17O8. The number of amides is 8. The van der Waals surface area contributed by atoms with Crippen LogP contribution >= 0.6 is 0 Å². The van der Waals surface area contributed by atoms with Gasteiger partial charge in [0.1, 0.15) is 36.3 Å². The van der Waals surface area contributed by atoms with E-state index in [4.69, 9.17) is 22.9 Å². The molecule has 6 atom stereocenters. The highest BCUT2D eigenvalue weighted by molar-refractivity contribution is 5.98. The van der Waals surface area contributed by atoms with Crippen LogP contribution in [-0.4, -0.2) is 137 Å². The van der Waals surface area contributed by atoms with Gasteiger partial charge in [0.2, 0.25) is 47.3 Å². The summed E-state index contributed by atoms with van der Waals surface area (Å²) in [5, 5.41) is 24.9. The van der Waals surface area contributed by atoms with Crippen LogP contribution in [0.15, 0.2) is 95.4 Å². The van der Waals surface area contributed by atoms with Gasteiger partial charge in [0, 0.05) is 87.8 Å². The highest BCUT2D eigenvalue weighted by atomic mass is 16.2. The molecule has 3 heterocycles. The summed E-state index contributed by atoms with van der Waals surface area (Å²) < 4.78 is 0. The van der Waals surface area contributed by atoms with Crippen molar-refractivity contribution < 1.29 is 38.4 Å². The van der Waals surface area contributed by atoms with E-state index in [0.717, 1.165) is 27.2 Å². The third-order valence-electron chi connectivity index (χ3n) is 13.0. The second-order valence-electron chi connectivity index (χ2n) is 19.1. The predicted molar refractivity (Wildman–Crippen MR) is 294 cm³/mol. The molecule has 25 nitrogen and oxygen atoms in total. The van der Waals surface area contributed by atoms with Gasteiger partial charge in [0.05, 0.1) is 6.33 Å². The Morgan fingerprint density at radius 2 is 1.32 bits per heavy atom. The maximum absolute atomic E-state index is 14.9. The van der Waals surface area contributed by atoms with E-state index in [2.05, 4.69) is 67.5 Å². The second-order valence-corrected chi connectivity index (χ2v) is 19.1. The fraction of sp³-hybridized carbons (Fsp3) is 0.415. The molecule has 1 aliphatic rings. The maximum atomic E-state index is 14.9. The van der Waals surface area contributed by atoms with Crippen LogP contribution in [0.4, 0.5) is 0 Å². The van der Waals surface area contributed by atoms with Gasteiger partial charge in [-0.05, 0) is 72.9 Å². The molecule has 0 bridgehead atoms. The van der Waals surface area contributed by atoms with Crippen LogP contribution in [0.1, 0.15) is 75.1 Å². The van der Waals surface area contributed by atoms with Gasteiger partial charge in [0.15, 0.2) is 11.9 Å². The summed E-state index contributed by atoms with van der Waals surface area (Å²) in [4.78, 5) is 131. The van der Waals surface area contributed by atoms with Gasteiger partial charge in [-0.1, -0.05) is 60.7 Å². The van der Waals surface area contributed by atoms with E-state index in [0.29, 0.717) is 24.1 Å². The number of hydrogen-bond donors (Lipinski definition) is 14. The Kier molecular flexibility index (Phi) is 21.9. The molecule has 0 aliphatic carbocycles. The van der Waals surface area contributed by atoms with Gasteiger partial charge in [0.25, 0.3) is 0 Å². The molecule has 1 fully saturated rings. The molecule has 25 heteroatoms. The highest BCUT2D eigenvalue weighted by Gasteiger charge is 2.34. The van der Waals surface area contributed by atoms with E-state index in [1.54, 1.807) is 6.20 Å². The molecule has 0 saturated carbocycles. The van der Waals surface area contributed by atoms with Crippen molar-refractivity contribution in [1.82, 2.24) is 57.5 Å². The van der Waals surface area contributed by atoms with Crippen molar-refractivity contribution in [2.45, 2.75) is 114 Å². The molecule has 1 saturated heterocycles. The number of imidazole rings is 1. The lowest BCUT2D eigenvalue weighted by Crippen LogP contribution is -2.60. The van der Waals surface area contributed by atoms with E-state index in [1.165, 1.54) is 19.4 Å². The van der Waals surface area contributed by atoms with E-state index in [9.17, 15) is 38.4 Å². The van der Waals surface area contributed by atoms with Crippen LogP contribution in [0.5, 0.6) is 0 Å². The summed E-state index contributed by atoms with van der Waals surface area (Å²) in [5.41, 5.74) is 24.8. The number of hydrogen-bond acceptors (Lipinski definition) is 11. The normalized spacial score (nSPS) is 19.9. The first-order chi connectivity index (χ1) is 37.5. The third-order valence-corrected chi connectivity index (χ3v) is 13.0. The minimum absolute atomic E-state index is 0.00279. The zero-order chi connectivity index (χ0) is 56.0. The zero-order valence-corrected chi connectivity index (χ0v) is 43.6. The lowest BCUT2D eigenvalue weighted by molar-refractivity contribution is -0.135. The quantitative estimate of drug-likeness (QED) is 0.0300. The Morgan fingerprint density at radius 1 is 0.692 bits per heavy atom. The molecule has 5 aromatic rings. The van der Waals surface area contributed by atoms with Gasteiger partial charge >= 0.3 is 0 Å². The number of aliphatic imine (C=N–C) groups is 2.